The lowest BCUT2D eigenvalue weighted by Crippen LogP contribution is -2.46. The quantitative estimate of drug-likeness (QED) is 0.790. The van der Waals surface area contributed by atoms with Gasteiger partial charge >= 0.3 is 0 Å². The van der Waals surface area contributed by atoms with Crippen molar-refractivity contribution >= 4 is 12.2 Å². The highest BCUT2D eigenvalue weighted by atomic mass is 16.2. The molecule has 106 valence electrons. The van der Waals surface area contributed by atoms with Crippen molar-refractivity contribution in [3.63, 3.8) is 0 Å². The van der Waals surface area contributed by atoms with Crippen molar-refractivity contribution in [1.82, 2.24) is 4.90 Å². The summed E-state index contributed by atoms with van der Waals surface area (Å²) in [6, 6.07) is 10.6. The Morgan fingerprint density at radius 2 is 1.80 bits per heavy atom. The highest BCUT2D eigenvalue weighted by Crippen LogP contribution is 2.38. The average Bonchev–Trinajstić information content (AvgIpc) is 2.74. The molecule has 2 bridgehead atoms. The summed E-state index contributed by atoms with van der Waals surface area (Å²) in [7, 11) is 0. The van der Waals surface area contributed by atoms with Crippen LogP contribution in [0.4, 0.5) is 0 Å². The molecule has 3 atom stereocenters. The van der Waals surface area contributed by atoms with Crippen LogP contribution in [-0.4, -0.2) is 29.2 Å². The van der Waals surface area contributed by atoms with Gasteiger partial charge in [-0.1, -0.05) is 30.3 Å². The first kappa shape index (κ1) is 13.3. The van der Waals surface area contributed by atoms with Crippen LogP contribution in [0.5, 0.6) is 0 Å². The molecular weight excluding hydrogens is 250 g/mol. The largest absolute Gasteiger partial charge is 0.336 e. The fourth-order valence-electron chi connectivity index (χ4n) is 3.82. The Morgan fingerprint density at radius 1 is 1.15 bits per heavy atom. The smallest absolute Gasteiger partial charge is 0.231 e. The van der Waals surface area contributed by atoms with E-state index in [1.807, 2.05) is 30.3 Å². The van der Waals surface area contributed by atoms with Crippen molar-refractivity contribution in [2.45, 2.75) is 56.5 Å². The normalized spacial score (nSPS) is 26.3. The van der Waals surface area contributed by atoms with E-state index in [2.05, 4.69) is 4.90 Å². The molecule has 0 aliphatic carbocycles. The number of fused-ring (bicyclic) bond motifs is 2. The summed E-state index contributed by atoms with van der Waals surface area (Å²) >= 11 is 0. The Bertz CT molecular complexity index is 469. The van der Waals surface area contributed by atoms with E-state index in [0.717, 1.165) is 37.5 Å². The summed E-state index contributed by atoms with van der Waals surface area (Å²) < 4.78 is 0. The van der Waals surface area contributed by atoms with Crippen molar-refractivity contribution in [1.29, 1.82) is 0 Å². The monoisotopic (exact) mass is 271 g/mol. The maximum absolute atomic E-state index is 12.9. The zero-order valence-electron chi connectivity index (χ0n) is 11.7. The molecule has 20 heavy (non-hydrogen) atoms. The van der Waals surface area contributed by atoms with Crippen LogP contribution in [0, 0.1) is 0 Å². The summed E-state index contributed by atoms with van der Waals surface area (Å²) in [4.78, 5) is 26.0. The van der Waals surface area contributed by atoms with E-state index in [9.17, 15) is 9.59 Å². The van der Waals surface area contributed by atoms with Gasteiger partial charge in [0.05, 0.1) is 5.92 Å². The maximum Gasteiger partial charge on any atom is 0.231 e. The molecule has 2 fully saturated rings. The van der Waals surface area contributed by atoms with Gasteiger partial charge in [-0.25, -0.2) is 0 Å². The van der Waals surface area contributed by atoms with Crippen LogP contribution < -0.4 is 0 Å². The summed E-state index contributed by atoms with van der Waals surface area (Å²) in [6.45, 7) is 0. The molecule has 0 aromatic heterocycles. The topological polar surface area (TPSA) is 37.4 Å². The van der Waals surface area contributed by atoms with Crippen LogP contribution in [0.2, 0.25) is 0 Å². The Kier molecular flexibility index (Phi) is 3.86. The van der Waals surface area contributed by atoms with E-state index < -0.39 is 0 Å². The number of carbonyl (C=O) groups excluding carboxylic acids is 2. The predicted octanol–water partition coefficient (Wildman–Crippen LogP) is 2.90. The lowest BCUT2D eigenvalue weighted by atomic mass is 9.92. The molecule has 0 N–H and O–H groups in total. The number of carbonyl (C=O) groups is 2. The predicted molar refractivity (Wildman–Crippen MR) is 77.4 cm³/mol. The molecule has 2 aliphatic rings. The van der Waals surface area contributed by atoms with Gasteiger partial charge in [0.1, 0.15) is 6.29 Å². The number of aldehydes is 1. The summed E-state index contributed by atoms with van der Waals surface area (Å²) in [6.07, 6.45) is 6.94. The zero-order chi connectivity index (χ0) is 13.9. The number of benzene rings is 1. The lowest BCUT2D eigenvalue weighted by Gasteiger charge is -2.37. The molecule has 1 aromatic carbocycles. The third-order valence-electron chi connectivity index (χ3n) is 4.78. The van der Waals surface area contributed by atoms with E-state index >= 15 is 0 Å². The van der Waals surface area contributed by atoms with Crippen LogP contribution in [0.1, 0.15) is 50.0 Å². The first-order valence-corrected chi connectivity index (χ1v) is 7.62. The van der Waals surface area contributed by atoms with Gasteiger partial charge in [0.15, 0.2) is 0 Å². The van der Waals surface area contributed by atoms with Gasteiger partial charge in [0.2, 0.25) is 5.91 Å². The molecule has 1 aromatic rings. The van der Waals surface area contributed by atoms with E-state index in [0.29, 0.717) is 18.5 Å². The fraction of sp³-hybridized carbons (Fsp3) is 0.529. The van der Waals surface area contributed by atoms with Crippen LogP contribution in [-0.2, 0) is 9.59 Å². The number of nitrogens with zero attached hydrogens (tertiary/aromatic N) is 1. The molecule has 0 unspecified atom stereocenters. The molecule has 3 nitrogen and oxygen atoms in total. The van der Waals surface area contributed by atoms with E-state index in [1.54, 1.807) is 0 Å². The Balaban J connectivity index is 1.84. The third kappa shape index (κ3) is 2.37. The number of piperidine rings is 1. The Morgan fingerprint density at radius 3 is 2.40 bits per heavy atom. The number of hydrogen-bond acceptors (Lipinski definition) is 2. The first-order chi connectivity index (χ1) is 9.81. The minimum atomic E-state index is -0.296. The molecule has 0 radical (unpaired) electrons. The number of hydrogen-bond donors (Lipinski definition) is 0. The molecule has 2 aliphatic heterocycles. The van der Waals surface area contributed by atoms with Crippen LogP contribution in [0.15, 0.2) is 30.3 Å². The van der Waals surface area contributed by atoms with Gasteiger partial charge in [0, 0.05) is 18.5 Å². The van der Waals surface area contributed by atoms with Crippen LogP contribution in [0.3, 0.4) is 0 Å². The van der Waals surface area contributed by atoms with Crippen LogP contribution >= 0.6 is 0 Å². The molecule has 2 heterocycles. The van der Waals surface area contributed by atoms with Crippen molar-refractivity contribution in [3.8, 4) is 0 Å². The van der Waals surface area contributed by atoms with Crippen molar-refractivity contribution in [3.05, 3.63) is 35.9 Å². The summed E-state index contributed by atoms with van der Waals surface area (Å²) in [5.74, 6) is -0.134. The standard InChI is InChI=1S/C17H21NO2/c19-12-11-16(13-5-2-1-3-6-13)17(20)18-14-7-4-8-15(18)10-9-14/h1-3,5-6,12,14-16H,4,7-11H2/t14-,15-,16-/m1/s1. The second-order valence-corrected chi connectivity index (χ2v) is 5.93. The highest BCUT2D eigenvalue weighted by molar-refractivity contribution is 5.86. The SMILES string of the molecule is O=CC[C@@H](C(=O)N1[C@@H]2CCC[C@@H]1CC2)c1ccccc1. The maximum atomic E-state index is 12.9. The molecule has 3 heteroatoms. The van der Waals surface area contributed by atoms with E-state index in [1.165, 1.54) is 6.42 Å². The molecular formula is C17H21NO2. The van der Waals surface area contributed by atoms with Gasteiger partial charge in [-0.05, 0) is 37.7 Å². The molecule has 0 spiro atoms. The van der Waals surface area contributed by atoms with E-state index in [-0.39, 0.29) is 11.8 Å². The van der Waals surface area contributed by atoms with Crippen LogP contribution in [0.25, 0.3) is 0 Å². The lowest BCUT2D eigenvalue weighted by molar-refractivity contribution is -0.138. The van der Waals surface area contributed by atoms with Crippen molar-refractivity contribution < 1.29 is 9.59 Å². The fourth-order valence-corrected chi connectivity index (χ4v) is 3.82. The minimum absolute atomic E-state index is 0.163. The second-order valence-electron chi connectivity index (χ2n) is 5.93. The van der Waals surface area contributed by atoms with Gasteiger partial charge in [-0.2, -0.15) is 0 Å². The second kappa shape index (κ2) is 5.78. The van der Waals surface area contributed by atoms with Gasteiger partial charge in [0.25, 0.3) is 0 Å². The Hall–Kier alpha value is -1.64. The zero-order valence-corrected chi connectivity index (χ0v) is 11.7. The molecule has 1 amide bonds. The highest BCUT2D eigenvalue weighted by Gasteiger charge is 2.41. The van der Waals surface area contributed by atoms with Crippen molar-refractivity contribution in [2.75, 3.05) is 0 Å². The van der Waals surface area contributed by atoms with Crippen molar-refractivity contribution in [2.24, 2.45) is 0 Å². The van der Waals surface area contributed by atoms with Gasteiger partial charge < -0.3 is 9.69 Å². The third-order valence-corrected chi connectivity index (χ3v) is 4.78. The number of rotatable bonds is 4. The van der Waals surface area contributed by atoms with Gasteiger partial charge in [-0.3, -0.25) is 4.79 Å². The first-order valence-electron chi connectivity index (χ1n) is 7.62. The Labute approximate surface area is 120 Å². The minimum Gasteiger partial charge on any atom is -0.336 e. The van der Waals surface area contributed by atoms with Gasteiger partial charge in [-0.15, -0.1) is 0 Å². The molecule has 3 rings (SSSR count). The molecule has 0 saturated carbocycles. The number of amides is 1. The average molecular weight is 271 g/mol. The molecule has 2 saturated heterocycles. The van der Waals surface area contributed by atoms with E-state index in [4.69, 9.17) is 0 Å². The summed E-state index contributed by atoms with van der Waals surface area (Å²) in [5.41, 5.74) is 0.967. The summed E-state index contributed by atoms with van der Waals surface area (Å²) in [5, 5.41) is 0.